The zero-order valence-electron chi connectivity index (χ0n) is 11.5. The van der Waals surface area contributed by atoms with Gasteiger partial charge in [0.25, 0.3) is 0 Å². The lowest BCUT2D eigenvalue weighted by atomic mass is 10.2. The number of carbonyl (C=O) groups excluding carboxylic acids is 2. The second kappa shape index (κ2) is 6.08. The van der Waals surface area contributed by atoms with E-state index in [1.54, 1.807) is 6.92 Å². The summed E-state index contributed by atoms with van der Waals surface area (Å²) in [6.45, 7) is 1.49. The van der Waals surface area contributed by atoms with E-state index in [0.717, 1.165) is 0 Å². The molecule has 0 aromatic carbocycles. The summed E-state index contributed by atoms with van der Waals surface area (Å²) in [7, 11) is 1.27. The maximum atomic E-state index is 11.7. The maximum absolute atomic E-state index is 11.7. The fourth-order valence-corrected chi connectivity index (χ4v) is 1.70. The fourth-order valence-electron chi connectivity index (χ4n) is 1.70. The van der Waals surface area contributed by atoms with Crippen molar-refractivity contribution in [1.29, 1.82) is 0 Å². The van der Waals surface area contributed by atoms with E-state index in [1.807, 2.05) is 0 Å². The molecular weight excluding hydrogens is 278 g/mol. The largest absolute Gasteiger partial charge is 0.619 e. The Bertz CT molecular complexity index is 659. The quantitative estimate of drug-likeness (QED) is 0.480. The minimum atomic E-state index is -0.593. The monoisotopic (exact) mass is 291 g/mol. The van der Waals surface area contributed by atoms with E-state index >= 15 is 0 Å². The molecule has 2 aromatic heterocycles. The molecule has 0 N–H and O–H groups in total. The normalized spacial score (nSPS) is 10.2. The Kier molecular flexibility index (Phi) is 4.22. The molecule has 21 heavy (non-hydrogen) atoms. The summed E-state index contributed by atoms with van der Waals surface area (Å²) >= 11 is 0. The molecule has 110 valence electrons. The minimum absolute atomic E-state index is 0.122. The van der Waals surface area contributed by atoms with Crippen molar-refractivity contribution >= 4 is 11.9 Å². The first-order valence-corrected chi connectivity index (χ1v) is 6.05. The van der Waals surface area contributed by atoms with Crippen LogP contribution in [0.2, 0.25) is 0 Å². The molecule has 2 heterocycles. The molecule has 0 spiro atoms. The number of aromatic nitrogens is 1. The molecule has 7 heteroatoms. The highest BCUT2D eigenvalue weighted by Crippen LogP contribution is 2.16. The van der Waals surface area contributed by atoms with E-state index in [4.69, 9.17) is 9.15 Å². The number of nitrogens with zero attached hydrogens (tertiary/aromatic N) is 1. The van der Waals surface area contributed by atoms with E-state index in [2.05, 4.69) is 4.74 Å². The van der Waals surface area contributed by atoms with Crippen molar-refractivity contribution in [2.24, 2.45) is 0 Å². The molecule has 0 aliphatic rings. The number of rotatable bonds is 4. The topological polar surface area (TPSA) is 92.7 Å². The average Bonchev–Trinajstić information content (AvgIpc) is 2.86. The summed E-state index contributed by atoms with van der Waals surface area (Å²) in [6.07, 6.45) is 2.39. The summed E-state index contributed by atoms with van der Waals surface area (Å²) in [6, 6.07) is 4.16. The van der Waals surface area contributed by atoms with Crippen molar-refractivity contribution in [2.75, 3.05) is 7.11 Å². The van der Waals surface area contributed by atoms with Crippen LogP contribution >= 0.6 is 0 Å². The highest BCUT2D eigenvalue weighted by molar-refractivity contribution is 5.90. The third-order valence-corrected chi connectivity index (χ3v) is 2.76. The Hall–Kier alpha value is -2.83. The Morgan fingerprint density at radius 3 is 2.57 bits per heavy atom. The Balaban J connectivity index is 2.01. The number of furan rings is 1. The smallest absolute Gasteiger partial charge is 0.341 e. The molecular formula is C14H13NO6. The Morgan fingerprint density at radius 2 is 1.95 bits per heavy atom. The zero-order valence-corrected chi connectivity index (χ0v) is 11.5. The predicted octanol–water partition coefficient (Wildman–Crippen LogP) is 1.37. The number of esters is 2. The zero-order chi connectivity index (χ0) is 15.4. The first kappa shape index (κ1) is 14.6. The molecule has 2 rings (SSSR count). The number of ether oxygens (including phenoxy) is 2. The summed E-state index contributed by atoms with van der Waals surface area (Å²) in [5.41, 5.74) is 0.536. The third-order valence-electron chi connectivity index (χ3n) is 2.76. The molecule has 0 aliphatic carbocycles. The number of hydrogen-bond donors (Lipinski definition) is 0. The van der Waals surface area contributed by atoms with Gasteiger partial charge in [-0.1, -0.05) is 0 Å². The molecule has 0 unspecified atom stereocenters. The average molecular weight is 291 g/mol. The van der Waals surface area contributed by atoms with Crippen molar-refractivity contribution in [3.05, 3.63) is 58.4 Å². The molecule has 0 saturated carbocycles. The van der Waals surface area contributed by atoms with E-state index in [-0.39, 0.29) is 17.7 Å². The molecule has 0 radical (unpaired) electrons. The van der Waals surface area contributed by atoms with Gasteiger partial charge in [0.15, 0.2) is 12.4 Å². The number of aryl methyl sites for hydroxylation is 1. The Labute approximate surface area is 120 Å². The van der Waals surface area contributed by atoms with Crippen LogP contribution in [0.15, 0.2) is 35.0 Å². The number of carbonyl (C=O) groups is 2. The van der Waals surface area contributed by atoms with E-state index < -0.39 is 11.9 Å². The minimum Gasteiger partial charge on any atom is -0.619 e. The van der Waals surface area contributed by atoms with Crippen LogP contribution in [0.5, 0.6) is 0 Å². The Morgan fingerprint density at radius 1 is 1.29 bits per heavy atom. The van der Waals surface area contributed by atoms with Crippen LogP contribution in [-0.4, -0.2) is 19.0 Å². The first-order chi connectivity index (χ1) is 10.0. The van der Waals surface area contributed by atoms with Gasteiger partial charge in [0, 0.05) is 12.1 Å². The van der Waals surface area contributed by atoms with Crippen molar-refractivity contribution < 1.29 is 28.2 Å². The summed E-state index contributed by atoms with van der Waals surface area (Å²) in [5, 5.41) is 10.9. The van der Waals surface area contributed by atoms with Gasteiger partial charge in [-0.25, -0.2) is 9.59 Å². The van der Waals surface area contributed by atoms with E-state index in [1.165, 1.54) is 37.7 Å². The number of pyridine rings is 1. The van der Waals surface area contributed by atoms with Crippen LogP contribution in [0.4, 0.5) is 0 Å². The van der Waals surface area contributed by atoms with Crippen LogP contribution in [-0.2, 0) is 16.1 Å². The number of methoxy groups -OCH3 is 1. The van der Waals surface area contributed by atoms with Gasteiger partial charge in [-0.2, -0.15) is 4.73 Å². The molecule has 0 fully saturated rings. The highest BCUT2D eigenvalue weighted by Gasteiger charge is 2.16. The molecule has 0 aliphatic heterocycles. The van der Waals surface area contributed by atoms with Crippen LogP contribution in [0.1, 0.15) is 32.2 Å². The highest BCUT2D eigenvalue weighted by atomic mass is 16.5. The van der Waals surface area contributed by atoms with Gasteiger partial charge < -0.3 is 19.1 Å². The SMILES string of the molecule is COC(=O)c1cc(COC(=O)c2cc[n+]([O-])cc2)oc1C. The van der Waals surface area contributed by atoms with Crippen molar-refractivity contribution in [3.8, 4) is 0 Å². The summed E-state index contributed by atoms with van der Waals surface area (Å²) in [4.78, 5) is 23.2. The number of hydrogen-bond acceptors (Lipinski definition) is 6. The molecule has 0 amide bonds. The van der Waals surface area contributed by atoms with Gasteiger partial charge >= 0.3 is 11.9 Å². The summed E-state index contributed by atoms with van der Waals surface area (Å²) in [5.74, 6) is -0.391. The molecule has 0 atom stereocenters. The molecule has 0 bridgehead atoms. The lowest BCUT2D eigenvalue weighted by Gasteiger charge is -2.02. The lowest BCUT2D eigenvalue weighted by molar-refractivity contribution is -0.605. The van der Waals surface area contributed by atoms with Gasteiger partial charge in [-0.3, -0.25) is 0 Å². The van der Waals surface area contributed by atoms with E-state index in [0.29, 0.717) is 16.3 Å². The van der Waals surface area contributed by atoms with Crippen LogP contribution in [0.25, 0.3) is 0 Å². The van der Waals surface area contributed by atoms with Gasteiger partial charge in [-0.15, -0.1) is 0 Å². The predicted molar refractivity (Wildman–Crippen MR) is 69.3 cm³/mol. The van der Waals surface area contributed by atoms with Crippen LogP contribution in [0, 0.1) is 12.1 Å². The van der Waals surface area contributed by atoms with Gasteiger partial charge in [-0.05, 0) is 13.0 Å². The second-order valence-electron chi connectivity index (χ2n) is 4.20. The molecule has 2 aromatic rings. The maximum Gasteiger partial charge on any atom is 0.341 e. The summed E-state index contributed by atoms with van der Waals surface area (Å²) < 4.78 is 15.5. The van der Waals surface area contributed by atoms with Crippen molar-refractivity contribution in [2.45, 2.75) is 13.5 Å². The first-order valence-electron chi connectivity index (χ1n) is 6.05. The van der Waals surface area contributed by atoms with Gasteiger partial charge in [0.2, 0.25) is 0 Å². The standard InChI is InChI=1S/C14H13NO6/c1-9-12(14(17)19-2)7-11(21-9)8-20-13(16)10-3-5-15(18)6-4-10/h3-7H,8H2,1-2H3. The fraction of sp³-hybridized carbons (Fsp3) is 0.214. The second-order valence-corrected chi connectivity index (χ2v) is 4.20. The third kappa shape index (κ3) is 3.38. The van der Waals surface area contributed by atoms with Crippen molar-refractivity contribution in [3.63, 3.8) is 0 Å². The van der Waals surface area contributed by atoms with Crippen LogP contribution in [0.3, 0.4) is 0 Å². The molecule has 0 saturated heterocycles. The lowest BCUT2D eigenvalue weighted by Crippen LogP contribution is -2.24. The van der Waals surface area contributed by atoms with Gasteiger partial charge in [0.1, 0.15) is 23.7 Å². The van der Waals surface area contributed by atoms with Crippen LogP contribution < -0.4 is 4.73 Å². The van der Waals surface area contributed by atoms with Gasteiger partial charge in [0.05, 0.1) is 12.7 Å². The molecule has 7 nitrogen and oxygen atoms in total. The van der Waals surface area contributed by atoms with Crippen molar-refractivity contribution in [1.82, 2.24) is 0 Å². The van der Waals surface area contributed by atoms with E-state index in [9.17, 15) is 14.8 Å².